The quantitative estimate of drug-likeness (QED) is 0.0801. The summed E-state index contributed by atoms with van der Waals surface area (Å²) in [5.41, 5.74) is 2.56. The van der Waals surface area contributed by atoms with Gasteiger partial charge >= 0.3 is 17.4 Å². The molecule has 0 fully saturated rings. The first kappa shape index (κ1) is 40.2. The van der Waals surface area contributed by atoms with Gasteiger partial charge in [-0.3, -0.25) is 14.4 Å². The number of carbonyl (C=O) groups is 5. The van der Waals surface area contributed by atoms with Crippen molar-refractivity contribution in [3.05, 3.63) is 64.7 Å². The van der Waals surface area contributed by atoms with E-state index < -0.39 is 23.3 Å². The lowest BCUT2D eigenvalue weighted by Crippen LogP contribution is -2.35. The molecule has 282 valence electrons. The van der Waals surface area contributed by atoms with Crippen LogP contribution in [0.4, 0.5) is 9.59 Å². The van der Waals surface area contributed by atoms with Crippen LogP contribution >= 0.6 is 11.8 Å². The van der Waals surface area contributed by atoms with E-state index in [2.05, 4.69) is 41.7 Å². The van der Waals surface area contributed by atoms with Gasteiger partial charge in [-0.15, -0.1) is 0 Å². The maximum Gasteiger partial charge on any atom is 0.514 e. The van der Waals surface area contributed by atoms with Crippen molar-refractivity contribution in [3.63, 3.8) is 0 Å². The van der Waals surface area contributed by atoms with Gasteiger partial charge in [-0.25, -0.2) is 9.59 Å². The van der Waals surface area contributed by atoms with Crippen molar-refractivity contribution >= 4 is 41.0 Å². The second-order valence-electron chi connectivity index (χ2n) is 13.0. The van der Waals surface area contributed by atoms with E-state index in [1.807, 2.05) is 19.9 Å². The highest BCUT2D eigenvalue weighted by atomic mass is 32.2. The van der Waals surface area contributed by atoms with Gasteiger partial charge in [-0.1, -0.05) is 37.6 Å². The van der Waals surface area contributed by atoms with Gasteiger partial charge < -0.3 is 39.6 Å². The first-order valence-corrected chi connectivity index (χ1v) is 18.7. The zero-order valence-electron chi connectivity index (χ0n) is 30.2. The fourth-order valence-corrected chi connectivity index (χ4v) is 6.70. The number of carbonyl (C=O) groups excluding carboxylic acids is 4. The third-order valence-electron chi connectivity index (χ3n) is 8.99. The van der Waals surface area contributed by atoms with Crippen molar-refractivity contribution in [2.24, 2.45) is 0 Å². The van der Waals surface area contributed by atoms with Gasteiger partial charge in [0.15, 0.2) is 11.5 Å². The van der Waals surface area contributed by atoms with Gasteiger partial charge in [0.2, 0.25) is 5.91 Å². The third kappa shape index (κ3) is 11.7. The fraction of sp³-hybridized carbons (Fsp3) is 0.500. The molecule has 0 aliphatic carbocycles. The summed E-state index contributed by atoms with van der Waals surface area (Å²) < 4.78 is 23.0. The number of likely N-dealkylation sites (N-methyl/N-ethyl adjacent to an activating group) is 1. The van der Waals surface area contributed by atoms with Gasteiger partial charge in [-0.05, 0) is 81.2 Å². The summed E-state index contributed by atoms with van der Waals surface area (Å²) in [6.45, 7) is 6.97. The molecule has 2 aliphatic rings. The van der Waals surface area contributed by atoms with E-state index in [9.17, 15) is 24.0 Å². The number of aryl methyl sites for hydroxylation is 1. The van der Waals surface area contributed by atoms with Crippen molar-refractivity contribution in [2.45, 2.75) is 90.4 Å². The van der Waals surface area contributed by atoms with Gasteiger partial charge in [0.1, 0.15) is 18.5 Å². The minimum Gasteiger partial charge on any atom is -0.485 e. The number of thioether (sulfide) groups is 1. The van der Waals surface area contributed by atoms with Crippen LogP contribution in [-0.4, -0.2) is 83.8 Å². The van der Waals surface area contributed by atoms with E-state index in [1.165, 1.54) is 12.1 Å². The van der Waals surface area contributed by atoms with Crippen LogP contribution in [0.2, 0.25) is 0 Å². The molecular formula is C38H49N3O10S. The van der Waals surface area contributed by atoms with Crippen molar-refractivity contribution in [2.75, 3.05) is 32.4 Å². The number of amides is 2. The van der Waals surface area contributed by atoms with Crippen LogP contribution in [0.1, 0.15) is 91.8 Å². The summed E-state index contributed by atoms with van der Waals surface area (Å²) in [7, 11) is 2.11. The highest BCUT2D eigenvalue weighted by Gasteiger charge is 2.39. The van der Waals surface area contributed by atoms with Gasteiger partial charge in [0.05, 0.1) is 5.56 Å². The second kappa shape index (κ2) is 19.9. The lowest BCUT2D eigenvalue weighted by Gasteiger charge is -2.28. The summed E-state index contributed by atoms with van der Waals surface area (Å²) in [4.78, 5) is 63.7. The van der Waals surface area contributed by atoms with Crippen molar-refractivity contribution in [1.82, 2.24) is 15.5 Å². The molecule has 3 N–H and O–H groups in total. The number of ether oxygens (including phenoxy) is 4. The molecule has 52 heavy (non-hydrogen) atoms. The highest BCUT2D eigenvalue weighted by Crippen LogP contribution is 2.48. The lowest BCUT2D eigenvalue weighted by atomic mass is 9.90. The predicted molar refractivity (Wildman–Crippen MR) is 196 cm³/mol. The van der Waals surface area contributed by atoms with Gasteiger partial charge in [0.25, 0.3) is 5.91 Å². The largest absolute Gasteiger partial charge is 0.514 e. The third-order valence-corrected chi connectivity index (χ3v) is 9.80. The summed E-state index contributed by atoms with van der Waals surface area (Å²) in [5.74, 6) is -0.367. The number of carboxylic acid groups (broad SMARTS) is 1. The minimum atomic E-state index is -0.979. The van der Waals surface area contributed by atoms with E-state index in [-0.39, 0.29) is 74.0 Å². The van der Waals surface area contributed by atoms with Crippen LogP contribution in [0.5, 0.6) is 17.2 Å². The summed E-state index contributed by atoms with van der Waals surface area (Å²) in [6.07, 6.45) is 6.88. The molecular weight excluding hydrogens is 690 g/mol. The second-order valence-corrected chi connectivity index (χ2v) is 14.0. The molecule has 2 amide bonds. The maximum absolute atomic E-state index is 13.2. The van der Waals surface area contributed by atoms with Crippen LogP contribution in [0, 0.1) is 6.92 Å². The van der Waals surface area contributed by atoms with Gasteiger partial charge in [-0.2, -0.15) is 0 Å². The van der Waals surface area contributed by atoms with Crippen LogP contribution in [0.25, 0.3) is 0 Å². The zero-order valence-corrected chi connectivity index (χ0v) is 31.1. The Balaban J connectivity index is 1.41. The molecule has 3 atom stereocenters. The number of nitrogens with one attached hydrogen (secondary N) is 2. The number of rotatable bonds is 15. The molecule has 0 aromatic heterocycles. The smallest absolute Gasteiger partial charge is 0.485 e. The van der Waals surface area contributed by atoms with Crippen LogP contribution in [0.3, 0.4) is 0 Å². The number of benzene rings is 2. The average molecular weight is 740 g/mol. The molecule has 0 saturated carbocycles. The molecule has 0 spiro atoms. The Morgan fingerprint density at radius 1 is 0.981 bits per heavy atom. The Morgan fingerprint density at radius 3 is 2.50 bits per heavy atom. The average Bonchev–Trinajstić information content (AvgIpc) is 3.49. The molecule has 13 nitrogen and oxygen atoms in total. The SMILES string of the molecule is CCCCSC(=O)Oc1ccc(COC(=O)Oc2ccc(C)c3c2OC2C/C=C\CC(C)N(C)CC32)cc1C(=O)NCCNC(=O)CCCC(=O)O. The van der Waals surface area contributed by atoms with E-state index in [1.54, 1.807) is 12.1 Å². The normalized spacial score (nSPS) is 18.7. The number of nitrogens with zero attached hydrogens (tertiary/aromatic N) is 1. The Hall–Kier alpha value is -4.56. The minimum absolute atomic E-state index is 0.0292. The molecule has 3 unspecified atom stereocenters. The molecule has 4 rings (SSSR count). The molecule has 2 aliphatic heterocycles. The highest BCUT2D eigenvalue weighted by molar-refractivity contribution is 8.13. The number of carboxylic acids is 1. The topological polar surface area (TPSA) is 170 Å². The molecule has 2 aromatic carbocycles. The molecule has 2 aromatic rings. The predicted octanol–water partition coefficient (Wildman–Crippen LogP) is 6.36. The Morgan fingerprint density at radius 2 is 1.73 bits per heavy atom. The summed E-state index contributed by atoms with van der Waals surface area (Å²) in [5, 5.41) is 13.5. The number of hydrogen-bond acceptors (Lipinski definition) is 11. The molecule has 0 radical (unpaired) electrons. The van der Waals surface area contributed by atoms with Gasteiger partial charge in [0, 0.05) is 62.2 Å². The van der Waals surface area contributed by atoms with E-state index in [0.717, 1.165) is 55.1 Å². The number of unbranched alkanes of at least 4 members (excludes halogenated alkanes) is 1. The standard InChI is InChI=1S/C38H49N3O10S/c1-5-6-20-52-38(47)51-30-17-15-26(21-27(30)36(45)40-19-18-39-32(42)12-9-13-33(43)44)23-48-37(46)50-31-16-14-24(2)34-28-22-41(4)25(3)10-7-8-11-29(28)49-35(31)34/h7-8,14-17,21,25,28-29H,5-6,9-13,18-20,22-23H2,1-4H3,(H,39,42)(H,40,45)(H,43,44)/b8-7-. The molecule has 14 heteroatoms. The lowest BCUT2D eigenvalue weighted by molar-refractivity contribution is -0.137. The number of aliphatic carboxylic acids is 1. The first-order chi connectivity index (χ1) is 25.0. The maximum atomic E-state index is 13.2. The van der Waals surface area contributed by atoms with E-state index in [4.69, 9.17) is 24.1 Å². The number of fused-ring (bicyclic) bond motifs is 3. The van der Waals surface area contributed by atoms with E-state index >= 15 is 0 Å². The fourth-order valence-electron chi connectivity index (χ4n) is 5.95. The monoisotopic (exact) mass is 739 g/mol. The molecule has 0 bridgehead atoms. The van der Waals surface area contributed by atoms with Crippen molar-refractivity contribution < 1.29 is 48.0 Å². The zero-order chi connectivity index (χ0) is 37.6. The molecule has 2 heterocycles. The van der Waals surface area contributed by atoms with Crippen LogP contribution in [-0.2, 0) is 20.9 Å². The summed E-state index contributed by atoms with van der Waals surface area (Å²) in [6, 6.07) is 8.49. The van der Waals surface area contributed by atoms with Crippen LogP contribution in [0.15, 0.2) is 42.5 Å². The van der Waals surface area contributed by atoms with Crippen LogP contribution < -0.4 is 24.8 Å². The van der Waals surface area contributed by atoms with Crippen molar-refractivity contribution in [1.29, 1.82) is 0 Å². The Bertz CT molecular complexity index is 1630. The summed E-state index contributed by atoms with van der Waals surface area (Å²) >= 11 is 1.01. The van der Waals surface area contributed by atoms with Crippen molar-refractivity contribution in [3.8, 4) is 17.2 Å². The van der Waals surface area contributed by atoms with E-state index in [0.29, 0.717) is 23.1 Å². The first-order valence-electron chi connectivity index (χ1n) is 17.7. The Kier molecular flexibility index (Phi) is 15.4. The Labute approximate surface area is 308 Å². The molecule has 0 saturated heterocycles. The number of hydrogen-bond donors (Lipinski definition) is 3.